The summed E-state index contributed by atoms with van der Waals surface area (Å²) in [4.78, 5) is 2.00. The average Bonchev–Trinajstić information content (AvgIpc) is 2.08. The third-order valence-corrected chi connectivity index (χ3v) is 3.80. The normalized spacial score (nSPS) is 37.2. The summed E-state index contributed by atoms with van der Waals surface area (Å²) >= 11 is 15.2. The molecule has 0 amide bonds. The first-order chi connectivity index (χ1) is 5.46. The average molecular weight is 218 g/mol. The number of thiocarbonyl (C=S) groups is 3. The van der Waals surface area contributed by atoms with Gasteiger partial charge in [-0.25, -0.2) is 0 Å². The van der Waals surface area contributed by atoms with Crippen LogP contribution in [0.3, 0.4) is 0 Å². The maximum Gasteiger partial charge on any atom is 0.0705 e. The SMILES string of the molecule is CC1C(=S)C(N)C(=S)C(N)C1=S. The Morgan fingerprint density at radius 1 is 0.917 bits per heavy atom. The number of hydrogen-bond donors (Lipinski definition) is 2. The zero-order chi connectivity index (χ0) is 9.46. The highest BCUT2D eigenvalue weighted by molar-refractivity contribution is 7.84. The van der Waals surface area contributed by atoms with Gasteiger partial charge in [-0.1, -0.05) is 43.6 Å². The molecule has 66 valence electrons. The van der Waals surface area contributed by atoms with Crippen LogP contribution in [-0.4, -0.2) is 26.7 Å². The molecule has 0 heterocycles. The lowest BCUT2D eigenvalue weighted by atomic mass is 9.84. The molecule has 1 fully saturated rings. The van der Waals surface area contributed by atoms with Gasteiger partial charge in [0.2, 0.25) is 0 Å². The van der Waals surface area contributed by atoms with E-state index in [1.54, 1.807) is 0 Å². The fraction of sp³-hybridized carbons (Fsp3) is 0.571. The van der Waals surface area contributed by atoms with Crippen LogP contribution in [0.15, 0.2) is 0 Å². The van der Waals surface area contributed by atoms with Crippen molar-refractivity contribution in [2.75, 3.05) is 0 Å². The van der Waals surface area contributed by atoms with Crippen molar-refractivity contribution >= 4 is 51.2 Å². The van der Waals surface area contributed by atoms with Gasteiger partial charge in [-0.3, -0.25) is 0 Å². The molecule has 1 saturated carbocycles. The first-order valence-electron chi connectivity index (χ1n) is 3.59. The van der Waals surface area contributed by atoms with Gasteiger partial charge in [-0.2, -0.15) is 0 Å². The maximum atomic E-state index is 5.74. The predicted molar refractivity (Wildman–Crippen MR) is 62.9 cm³/mol. The number of rotatable bonds is 0. The Bertz CT molecular complexity index is 201. The third-order valence-electron chi connectivity index (χ3n) is 2.08. The molecule has 0 radical (unpaired) electrons. The van der Waals surface area contributed by atoms with Gasteiger partial charge in [-0.15, -0.1) is 0 Å². The molecule has 0 saturated heterocycles. The molecule has 0 aromatic heterocycles. The summed E-state index contributed by atoms with van der Waals surface area (Å²) in [5.41, 5.74) is 11.5. The van der Waals surface area contributed by atoms with E-state index in [-0.39, 0.29) is 18.0 Å². The van der Waals surface area contributed by atoms with Crippen molar-refractivity contribution in [3.63, 3.8) is 0 Å². The Balaban J connectivity index is 2.99. The summed E-state index contributed by atoms with van der Waals surface area (Å²) in [5, 5.41) is 0. The standard InChI is InChI=1S/C7H10N2S3/c1-2-5(10)3(8)7(12)4(9)6(2)11/h2-4H,8-9H2,1H3. The van der Waals surface area contributed by atoms with Crippen LogP contribution >= 0.6 is 36.7 Å². The molecular weight excluding hydrogens is 208 g/mol. The van der Waals surface area contributed by atoms with E-state index in [2.05, 4.69) is 0 Å². The zero-order valence-electron chi connectivity index (χ0n) is 6.61. The number of hydrogen-bond acceptors (Lipinski definition) is 5. The molecule has 0 aromatic rings. The molecule has 4 N–H and O–H groups in total. The topological polar surface area (TPSA) is 52.0 Å². The van der Waals surface area contributed by atoms with Gasteiger partial charge < -0.3 is 11.5 Å². The highest BCUT2D eigenvalue weighted by Crippen LogP contribution is 2.17. The molecular formula is C7H10N2S3. The van der Waals surface area contributed by atoms with E-state index in [0.29, 0.717) is 14.6 Å². The fourth-order valence-corrected chi connectivity index (χ4v) is 2.14. The van der Waals surface area contributed by atoms with Gasteiger partial charge in [0.15, 0.2) is 0 Å². The van der Waals surface area contributed by atoms with E-state index >= 15 is 0 Å². The van der Waals surface area contributed by atoms with Crippen molar-refractivity contribution in [2.24, 2.45) is 17.4 Å². The van der Waals surface area contributed by atoms with Crippen LogP contribution < -0.4 is 11.5 Å². The van der Waals surface area contributed by atoms with Crippen molar-refractivity contribution in [3.8, 4) is 0 Å². The molecule has 2 nitrogen and oxygen atoms in total. The molecule has 1 rings (SSSR count). The van der Waals surface area contributed by atoms with Crippen LogP contribution in [0.5, 0.6) is 0 Å². The van der Waals surface area contributed by atoms with Crippen molar-refractivity contribution in [2.45, 2.75) is 19.0 Å². The molecule has 0 aromatic carbocycles. The summed E-state index contributed by atoms with van der Waals surface area (Å²) in [6, 6.07) is -0.682. The summed E-state index contributed by atoms with van der Waals surface area (Å²) in [6.07, 6.45) is 0. The van der Waals surface area contributed by atoms with Gasteiger partial charge >= 0.3 is 0 Å². The summed E-state index contributed by atoms with van der Waals surface area (Å²) in [7, 11) is 0. The Hall–Kier alpha value is 0.190. The second-order valence-electron chi connectivity index (χ2n) is 2.88. The molecule has 0 spiro atoms. The van der Waals surface area contributed by atoms with E-state index in [9.17, 15) is 0 Å². The Morgan fingerprint density at radius 2 is 1.25 bits per heavy atom. The van der Waals surface area contributed by atoms with E-state index in [1.807, 2.05) is 6.92 Å². The van der Waals surface area contributed by atoms with E-state index in [4.69, 9.17) is 48.1 Å². The quantitative estimate of drug-likeness (QED) is 0.577. The van der Waals surface area contributed by atoms with Crippen molar-refractivity contribution < 1.29 is 0 Å². The summed E-state index contributed by atoms with van der Waals surface area (Å²) < 4.78 is 0. The minimum Gasteiger partial charge on any atom is -0.319 e. The lowest BCUT2D eigenvalue weighted by Gasteiger charge is -2.31. The number of nitrogens with two attached hydrogens (primary N) is 2. The van der Waals surface area contributed by atoms with Gasteiger partial charge in [-0.05, 0) is 0 Å². The van der Waals surface area contributed by atoms with Crippen LogP contribution in [0.2, 0.25) is 0 Å². The summed E-state index contributed by atoms with van der Waals surface area (Å²) in [5.74, 6) is 0.0340. The van der Waals surface area contributed by atoms with Crippen molar-refractivity contribution in [3.05, 3.63) is 0 Å². The molecule has 0 bridgehead atoms. The highest BCUT2D eigenvalue weighted by Gasteiger charge is 2.35. The van der Waals surface area contributed by atoms with Crippen LogP contribution in [-0.2, 0) is 0 Å². The zero-order valence-corrected chi connectivity index (χ0v) is 9.06. The predicted octanol–water partition coefficient (Wildman–Crippen LogP) is 0.400. The molecule has 12 heavy (non-hydrogen) atoms. The van der Waals surface area contributed by atoms with Gasteiger partial charge in [0.25, 0.3) is 0 Å². The minimum absolute atomic E-state index is 0.0340. The first-order valence-corrected chi connectivity index (χ1v) is 4.81. The van der Waals surface area contributed by atoms with E-state index < -0.39 is 0 Å². The van der Waals surface area contributed by atoms with Gasteiger partial charge in [0.1, 0.15) is 0 Å². The molecule has 1 aliphatic carbocycles. The molecule has 2 unspecified atom stereocenters. The lowest BCUT2D eigenvalue weighted by molar-refractivity contribution is 0.919. The molecule has 0 aliphatic heterocycles. The lowest BCUT2D eigenvalue weighted by Crippen LogP contribution is -2.58. The van der Waals surface area contributed by atoms with E-state index in [1.165, 1.54) is 0 Å². The molecule has 2 atom stereocenters. The largest absolute Gasteiger partial charge is 0.319 e. The monoisotopic (exact) mass is 218 g/mol. The third kappa shape index (κ3) is 1.47. The fourth-order valence-electron chi connectivity index (χ4n) is 1.15. The van der Waals surface area contributed by atoms with Gasteiger partial charge in [0.05, 0.1) is 12.1 Å². The maximum absolute atomic E-state index is 5.74. The Labute approximate surface area is 87.7 Å². The summed E-state index contributed by atoms with van der Waals surface area (Å²) in [6.45, 7) is 1.92. The smallest absolute Gasteiger partial charge is 0.0705 e. The van der Waals surface area contributed by atoms with Crippen molar-refractivity contribution in [1.29, 1.82) is 0 Å². The van der Waals surface area contributed by atoms with E-state index in [0.717, 1.165) is 0 Å². The second-order valence-corrected chi connectivity index (χ2v) is 4.30. The molecule has 5 heteroatoms. The first kappa shape index (κ1) is 10.3. The van der Waals surface area contributed by atoms with Gasteiger partial charge in [0, 0.05) is 20.5 Å². The highest BCUT2D eigenvalue weighted by atomic mass is 32.1. The van der Waals surface area contributed by atoms with Crippen LogP contribution in [0.1, 0.15) is 6.92 Å². The Kier molecular flexibility index (Phi) is 3.01. The van der Waals surface area contributed by atoms with Crippen LogP contribution in [0.25, 0.3) is 0 Å². The minimum atomic E-state index is -0.341. The van der Waals surface area contributed by atoms with Crippen LogP contribution in [0, 0.1) is 5.92 Å². The molecule has 1 aliphatic rings. The second kappa shape index (κ2) is 3.51. The van der Waals surface area contributed by atoms with Crippen molar-refractivity contribution in [1.82, 2.24) is 0 Å². The Morgan fingerprint density at radius 3 is 1.58 bits per heavy atom. The van der Waals surface area contributed by atoms with Crippen LogP contribution in [0.4, 0.5) is 0 Å².